The van der Waals surface area contributed by atoms with E-state index in [4.69, 9.17) is 16.3 Å². The lowest BCUT2D eigenvalue weighted by Crippen LogP contribution is -2.27. The molecule has 0 aromatic carbocycles. The van der Waals surface area contributed by atoms with Crippen molar-refractivity contribution in [1.29, 1.82) is 0 Å². The van der Waals surface area contributed by atoms with Gasteiger partial charge in [-0.15, -0.1) is 11.6 Å². The van der Waals surface area contributed by atoms with Crippen LogP contribution in [0.3, 0.4) is 0 Å². The predicted octanol–water partition coefficient (Wildman–Crippen LogP) is 2.55. The van der Waals surface area contributed by atoms with Crippen molar-refractivity contribution in [2.75, 3.05) is 25.6 Å². The second kappa shape index (κ2) is 5.51. The van der Waals surface area contributed by atoms with Crippen LogP contribution in [-0.2, 0) is 4.74 Å². The van der Waals surface area contributed by atoms with E-state index in [9.17, 15) is 0 Å². The minimum absolute atomic E-state index is 0.528. The third-order valence-electron chi connectivity index (χ3n) is 3.75. The molecule has 2 nitrogen and oxygen atoms in total. The van der Waals surface area contributed by atoms with E-state index in [0.29, 0.717) is 11.5 Å². The standard InChI is InChI=1S/C12H22ClNO/c13-7-6-12(4-5-12)10-14-8-3-11-2-1-9-15-11/h11,14H,1-10H2. The van der Waals surface area contributed by atoms with Gasteiger partial charge in [-0.3, -0.25) is 0 Å². The summed E-state index contributed by atoms with van der Waals surface area (Å²) in [7, 11) is 0. The van der Waals surface area contributed by atoms with E-state index >= 15 is 0 Å². The third kappa shape index (κ3) is 3.61. The number of nitrogens with one attached hydrogen (secondary N) is 1. The fourth-order valence-electron chi connectivity index (χ4n) is 2.38. The van der Waals surface area contributed by atoms with Crippen LogP contribution >= 0.6 is 11.6 Å². The van der Waals surface area contributed by atoms with Gasteiger partial charge in [-0.1, -0.05) is 0 Å². The van der Waals surface area contributed by atoms with Crippen molar-refractivity contribution in [2.45, 2.75) is 44.6 Å². The molecule has 1 aliphatic carbocycles. The Morgan fingerprint density at radius 2 is 2.27 bits per heavy atom. The van der Waals surface area contributed by atoms with Crippen LogP contribution in [0, 0.1) is 5.41 Å². The van der Waals surface area contributed by atoms with Crippen LogP contribution in [0.25, 0.3) is 0 Å². The zero-order valence-corrected chi connectivity index (χ0v) is 10.2. The Kier molecular flexibility index (Phi) is 4.30. The van der Waals surface area contributed by atoms with Gasteiger partial charge in [0.05, 0.1) is 6.10 Å². The predicted molar refractivity (Wildman–Crippen MR) is 63.5 cm³/mol. The maximum atomic E-state index is 5.79. The van der Waals surface area contributed by atoms with E-state index in [1.165, 1.54) is 38.5 Å². The van der Waals surface area contributed by atoms with Crippen molar-refractivity contribution in [2.24, 2.45) is 5.41 Å². The molecule has 1 aliphatic heterocycles. The van der Waals surface area contributed by atoms with E-state index in [1.807, 2.05) is 0 Å². The van der Waals surface area contributed by atoms with Gasteiger partial charge in [-0.05, 0) is 50.5 Å². The molecule has 1 heterocycles. The fourth-order valence-corrected chi connectivity index (χ4v) is 2.78. The SMILES string of the molecule is ClCCC1(CNCCC2CCCO2)CC1. The number of hydrogen-bond donors (Lipinski definition) is 1. The summed E-state index contributed by atoms with van der Waals surface area (Å²) in [6.45, 7) is 3.24. The normalized spacial score (nSPS) is 28.2. The number of rotatable bonds is 7. The van der Waals surface area contributed by atoms with Crippen molar-refractivity contribution < 1.29 is 4.74 Å². The third-order valence-corrected chi connectivity index (χ3v) is 3.94. The maximum Gasteiger partial charge on any atom is 0.0588 e. The van der Waals surface area contributed by atoms with E-state index in [0.717, 1.165) is 25.6 Å². The molecule has 2 rings (SSSR count). The maximum absolute atomic E-state index is 5.79. The molecule has 1 N–H and O–H groups in total. The lowest BCUT2D eigenvalue weighted by molar-refractivity contribution is 0.104. The highest BCUT2D eigenvalue weighted by Crippen LogP contribution is 2.48. The van der Waals surface area contributed by atoms with Gasteiger partial charge < -0.3 is 10.1 Å². The molecular weight excluding hydrogens is 210 g/mol. The summed E-state index contributed by atoms with van der Waals surface area (Å²) in [4.78, 5) is 0. The van der Waals surface area contributed by atoms with Crippen LogP contribution in [0.15, 0.2) is 0 Å². The zero-order valence-electron chi connectivity index (χ0n) is 9.43. The average Bonchev–Trinajstić information content (AvgIpc) is 2.80. The summed E-state index contributed by atoms with van der Waals surface area (Å²) < 4.78 is 5.59. The molecule has 1 unspecified atom stereocenters. The van der Waals surface area contributed by atoms with E-state index in [2.05, 4.69) is 5.32 Å². The van der Waals surface area contributed by atoms with Crippen LogP contribution in [0.5, 0.6) is 0 Å². The van der Waals surface area contributed by atoms with E-state index in [1.54, 1.807) is 0 Å². The minimum Gasteiger partial charge on any atom is -0.378 e. The van der Waals surface area contributed by atoms with Crippen LogP contribution in [0.1, 0.15) is 38.5 Å². The molecule has 0 radical (unpaired) electrons. The molecule has 1 saturated carbocycles. The van der Waals surface area contributed by atoms with E-state index in [-0.39, 0.29) is 0 Å². The summed E-state index contributed by atoms with van der Waals surface area (Å²) in [6, 6.07) is 0. The summed E-state index contributed by atoms with van der Waals surface area (Å²) >= 11 is 5.79. The Labute approximate surface area is 97.7 Å². The van der Waals surface area contributed by atoms with Crippen LogP contribution in [0.4, 0.5) is 0 Å². The van der Waals surface area contributed by atoms with Gasteiger partial charge in [-0.2, -0.15) is 0 Å². The van der Waals surface area contributed by atoms with Gasteiger partial charge in [0.15, 0.2) is 0 Å². The number of hydrogen-bond acceptors (Lipinski definition) is 2. The molecule has 1 saturated heterocycles. The zero-order chi connectivity index (χ0) is 10.6. The summed E-state index contributed by atoms with van der Waals surface area (Å²) in [5.74, 6) is 0.813. The molecule has 1 atom stereocenters. The molecule has 0 bridgehead atoms. The molecule has 2 fully saturated rings. The van der Waals surface area contributed by atoms with Crippen LogP contribution in [-0.4, -0.2) is 31.7 Å². The molecule has 2 aliphatic rings. The van der Waals surface area contributed by atoms with Crippen molar-refractivity contribution in [3.63, 3.8) is 0 Å². The first kappa shape index (κ1) is 11.7. The fraction of sp³-hybridized carbons (Fsp3) is 1.00. The summed E-state index contributed by atoms with van der Waals surface area (Å²) in [6.07, 6.45) is 8.13. The molecule has 88 valence electrons. The molecule has 0 aromatic rings. The lowest BCUT2D eigenvalue weighted by atomic mass is 10.0. The Morgan fingerprint density at radius 1 is 1.40 bits per heavy atom. The summed E-state index contributed by atoms with van der Waals surface area (Å²) in [5.41, 5.74) is 0.568. The molecule has 3 heteroatoms. The second-order valence-electron chi connectivity index (χ2n) is 5.04. The van der Waals surface area contributed by atoms with Gasteiger partial charge >= 0.3 is 0 Å². The highest BCUT2D eigenvalue weighted by atomic mass is 35.5. The molecule has 0 amide bonds. The topological polar surface area (TPSA) is 21.3 Å². The van der Waals surface area contributed by atoms with Crippen molar-refractivity contribution in [1.82, 2.24) is 5.32 Å². The second-order valence-corrected chi connectivity index (χ2v) is 5.42. The van der Waals surface area contributed by atoms with Gasteiger partial charge in [0.1, 0.15) is 0 Å². The molecule has 15 heavy (non-hydrogen) atoms. The Hall–Kier alpha value is 0.210. The first-order valence-electron chi connectivity index (χ1n) is 6.23. The van der Waals surface area contributed by atoms with Crippen molar-refractivity contribution in [3.8, 4) is 0 Å². The first-order valence-corrected chi connectivity index (χ1v) is 6.76. The summed E-state index contributed by atoms with van der Waals surface area (Å²) in [5, 5.41) is 3.56. The molecule has 0 aromatic heterocycles. The van der Waals surface area contributed by atoms with Crippen LogP contribution < -0.4 is 5.32 Å². The molecular formula is C12H22ClNO. The smallest absolute Gasteiger partial charge is 0.0588 e. The number of ether oxygens (including phenoxy) is 1. The highest BCUT2D eigenvalue weighted by Gasteiger charge is 2.41. The van der Waals surface area contributed by atoms with Gasteiger partial charge in [-0.25, -0.2) is 0 Å². The monoisotopic (exact) mass is 231 g/mol. The largest absolute Gasteiger partial charge is 0.378 e. The Morgan fingerprint density at radius 3 is 2.87 bits per heavy atom. The van der Waals surface area contributed by atoms with Crippen LogP contribution in [0.2, 0.25) is 0 Å². The average molecular weight is 232 g/mol. The van der Waals surface area contributed by atoms with Gasteiger partial charge in [0.2, 0.25) is 0 Å². The molecule has 0 spiro atoms. The highest BCUT2D eigenvalue weighted by molar-refractivity contribution is 6.17. The first-order chi connectivity index (χ1) is 7.35. The number of alkyl halides is 1. The Bertz CT molecular complexity index is 188. The Balaban J connectivity index is 1.51. The van der Waals surface area contributed by atoms with Gasteiger partial charge in [0.25, 0.3) is 0 Å². The minimum atomic E-state index is 0.528. The van der Waals surface area contributed by atoms with E-state index < -0.39 is 0 Å². The van der Waals surface area contributed by atoms with Gasteiger partial charge in [0, 0.05) is 19.0 Å². The lowest BCUT2D eigenvalue weighted by Gasteiger charge is -2.15. The number of halogens is 1. The van der Waals surface area contributed by atoms with Crippen molar-refractivity contribution >= 4 is 11.6 Å². The van der Waals surface area contributed by atoms with Crippen molar-refractivity contribution in [3.05, 3.63) is 0 Å². The quantitative estimate of drug-likeness (QED) is 0.537.